The standard InChI is InChI=1S/C7H8N4OS.ClH/c8-6(12)4-1-2-5(11-3-4)13-7(9)10;/h1-3H,(H5-,8,9,10,11,12);1H. The number of nitrogens with zero attached hydrogens (tertiary/aromatic N) is 1. The number of aromatic nitrogens is 1. The van der Waals surface area contributed by atoms with E-state index in [0.29, 0.717) is 10.6 Å². The van der Waals surface area contributed by atoms with Crippen LogP contribution in [-0.4, -0.2) is 16.0 Å². The Kier molecular flexibility index (Phi) is 5.18. The second kappa shape index (κ2) is 5.61. The molecule has 7 heteroatoms. The molecular formula is C7H9ClN4OS. The second-order valence-corrected chi connectivity index (χ2v) is 3.35. The van der Waals surface area contributed by atoms with E-state index in [2.05, 4.69) is 4.98 Å². The fourth-order valence-corrected chi connectivity index (χ4v) is 1.19. The molecule has 0 fully saturated rings. The zero-order chi connectivity index (χ0) is 9.84. The van der Waals surface area contributed by atoms with E-state index in [4.69, 9.17) is 17.2 Å². The third kappa shape index (κ3) is 3.75. The van der Waals surface area contributed by atoms with Gasteiger partial charge in [0.05, 0.1) is 5.56 Å². The molecule has 1 amide bonds. The maximum Gasteiger partial charge on any atom is 0.326 e. The lowest BCUT2D eigenvalue weighted by atomic mass is 10.3. The van der Waals surface area contributed by atoms with Crippen molar-refractivity contribution in [3.63, 3.8) is 0 Å². The zero-order valence-corrected chi connectivity index (χ0v) is 8.68. The highest BCUT2D eigenvalue weighted by molar-refractivity contribution is 7.78. The molecule has 6 N–H and O–H groups in total. The summed E-state index contributed by atoms with van der Waals surface area (Å²) in [4.78, 5) is 14.6. The van der Waals surface area contributed by atoms with Crippen LogP contribution in [0.4, 0.5) is 0 Å². The van der Waals surface area contributed by atoms with Crippen LogP contribution in [0, 0.1) is 0 Å². The van der Waals surface area contributed by atoms with Crippen LogP contribution in [0.3, 0.4) is 0 Å². The first-order valence-electron chi connectivity index (χ1n) is 3.41. The summed E-state index contributed by atoms with van der Waals surface area (Å²) in [5.41, 5.74) is 15.9. The third-order valence-corrected chi connectivity index (χ3v) is 1.93. The van der Waals surface area contributed by atoms with Crippen LogP contribution in [-0.2, 0) is 11.4 Å². The van der Waals surface area contributed by atoms with Gasteiger partial charge in [0, 0.05) is 12.3 Å². The van der Waals surface area contributed by atoms with Crippen LogP contribution in [0.2, 0.25) is 0 Å². The first kappa shape index (κ1) is 12.9. The van der Waals surface area contributed by atoms with Crippen LogP contribution in [0.15, 0.2) is 23.4 Å². The van der Waals surface area contributed by atoms with Crippen molar-refractivity contribution in [2.75, 3.05) is 0 Å². The maximum atomic E-state index is 10.7. The van der Waals surface area contributed by atoms with Crippen LogP contribution < -0.4 is 29.6 Å². The molecule has 14 heavy (non-hydrogen) atoms. The van der Waals surface area contributed by atoms with E-state index >= 15 is 0 Å². The SMILES string of the molecule is NC(=O)c1ccc([S+]=C(N)N)nc1.[Cl-]. The number of pyridine rings is 1. The maximum absolute atomic E-state index is 10.7. The summed E-state index contributed by atoms with van der Waals surface area (Å²) in [5, 5.41) is 0.837. The van der Waals surface area contributed by atoms with E-state index < -0.39 is 5.91 Å². The van der Waals surface area contributed by atoms with Gasteiger partial charge in [-0.25, -0.2) is 16.5 Å². The van der Waals surface area contributed by atoms with Gasteiger partial charge in [-0.3, -0.25) is 4.79 Å². The lowest BCUT2D eigenvalue weighted by Crippen LogP contribution is -3.00. The Balaban J connectivity index is 0.00000169. The molecule has 0 saturated heterocycles. The highest BCUT2D eigenvalue weighted by Gasteiger charge is 2.08. The van der Waals surface area contributed by atoms with Crippen molar-refractivity contribution in [1.29, 1.82) is 0 Å². The topological polar surface area (TPSA) is 108 Å². The number of amides is 1. The molecule has 0 aliphatic carbocycles. The largest absolute Gasteiger partial charge is 1.00 e. The predicted molar refractivity (Wildman–Crippen MR) is 51.8 cm³/mol. The molecule has 76 valence electrons. The summed E-state index contributed by atoms with van der Waals surface area (Å²) in [7, 11) is 0. The minimum absolute atomic E-state index is 0. The quantitative estimate of drug-likeness (QED) is 0.354. The minimum atomic E-state index is -0.506. The van der Waals surface area contributed by atoms with Gasteiger partial charge in [-0.15, -0.1) is 0 Å². The van der Waals surface area contributed by atoms with E-state index in [-0.39, 0.29) is 17.5 Å². The Morgan fingerprint density at radius 1 is 1.29 bits per heavy atom. The predicted octanol–water partition coefficient (Wildman–Crippen LogP) is -4.37. The Bertz CT molecular complexity index is 347. The molecular weight excluding hydrogens is 224 g/mol. The van der Waals surface area contributed by atoms with Crippen LogP contribution in [0.1, 0.15) is 10.4 Å². The van der Waals surface area contributed by atoms with Gasteiger partial charge in [0.25, 0.3) is 11.4 Å². The van der Waals surface area contributed by atoms with E-state index in [1.807, 2.05) is 0 Å². The van der Waals surface area contributed by atoms with E-state index in [0.717, 1.165) is 11.4 Å². The summed E-state index contributed by atoms with van der Waals surface area (Å²) in [6.07, 6.45) is 1.38. The average Bonchev–Trinajstić information content (AvgIpc) is 2.04. The van der Waals surface area contributed by atoms with Gasteiger partial charge in [-0.1, -0.05) is 0 Å². The van der Waals surface area contributed by atoms with Crippen molar-refractivity contribution < 1.29 is 17.2 Å². The molecule has 0 saturated carbocycles. The van der Waals surface area contributed by atoms with Gasteiger partial charge in [-0.05, 0) is 6.07 Å². The second-order valence-electron chi connectivity index (χ2n) is 2.25. The molecule has 0 atom stereocenters. The zero-order valence-electron chi connectivity index (χ0n) is 7.11. The van der Waals surface area contributed by atoms with Crippen molar-refractivity contribution in [2.45, 2.75) is 5.03 Å². The van der Waals surface area contributed by atoms with Crippen molar-refractivity contribution in [3.05, 3.63) is 23.9 Å². The number of carbonyl (C=O) groups is 1. The van der Waals surface area contributed by atoms with Gasteiger partial charge >= 0.3 is 10.1 Å². The Morgan fingerprint density at radius 2 is 1.93 bits per heavy atom. The summed E-state index contributed by atoms with van der Waals surface area (Å²) < 4.78 is 0. The molecule has 1 aromatic heterocycles. The number of hydrogen-bond acceptors (Lipinski definition) is 2. The number of hydrogen-bond donors (Lipinski definition) is 3. The highest BCUT2D eigenvalue weighted by Crippen LogP contribution is 1.98. The summed E-state index contributed by atoms with van der Waals surface area (Å²) >= 11 is 1.13. The van der Waals surface area contributed by atoms with Gasteiger partial charge in [-0.2, -0.15) is 0 Å². The molecule has 0 aliphatic rings. The van der Waals surface area contributed by atoms with Gasteiger partial charge in [0.2, 0.25) is 5.91 Å². The lowest BCUT2D eigenvalue weighted by Gasteiger charge is -1.89. The molecule has 1 heterocycles. The Labute approximate surface area is 91.0 Å². The first-order valence-corrected chi connectivity index (χ1v) is 4.23. The monoisotopic (exact) mass is 232 g/mol. The van der Waals surface area contributed by atoms with Crippen molar-refractivity contribution >= 4 is 22.4 Å². The molecule has 1 rings (SSSR count). The van der Waals surface area contributed by atoms with E-state index in [1.54, 1.807) is 12.1 Å². The molecule has 0 bridgehead atoms. The molecule has 5 nitrogen and oxygen atoms in total. The number of carbonyl (C=O) groups excluding carboxylic acids is 1. The van der Waals surface area contributed by atoms with Gasteiger partial charge in [0.1, 0.15) is 0 Å². The smallest absolute Gasteiger partial charge is 0.326 e. The number of nitrogens with two attached hydrogens (primary N) is 3. The molecule has 0 spiro atoms. The molecule has 0 aromatic carbocycles. The fourth-order valence-electron chi connectivity index (χ4n) is 0.707. The summed E-state index contributed by atoms with van der Waals surface area (Å²) in [5.74, 6) is -0.506. The minimum Gasteiger partial charge on any atom is -1.00 e. The fraction of sp³-hybridized carbons (Fsp3) is 0. The summed E-state index contributed by atoms with van der Waals surface area (Å²) in [6, 6.07) is 3.20. The van der Waals surface area contributed by atoms with Crippen molar-refractivity contribution in [2.24, 2.45) is 17.2 Å². The number of rotatable bonds is 2. The molecule has 0 aliphatic heterocycles. The Hall–Kier alpha value is -1.08. The average molecular weight is 233 g/mol. The van der Waals surface area contributed by atoms with Gasteiger partial charge in [0.15, 0.2) is 0 Å². The number of halogens is 1. The summed E-state index contributed by atoms with van der Waals surface area (Å²) in [6.45, 7) is 0. The normalized spacial score (nSPS) is 8.71. The third-order valence-electron chi connectivity index (χ3n) is 1.24. The van der Waals surface area contributed by atoms with Gasteiger partial charge < -0.3 is 18.1 Å². The van der Waals surface area contributed by atoms with E-state index in [9.17, 15) is 4.79 Å². The molecule has 0 radical (unpaired) electrons. The molecule has 0 unspecified atom stereocenters. The van der Waals surface area contributed by atoms with Crippen LogP contribution in [0.5, 0.6) is 0 Å². The van der Waals surface area contributed by atoms with Crippen LogP contribution >= 0.6 is 0 Å². The highest BCUT2D eigenvalue weighted by atomic mass is 35.5. The van der Waals surface area contributed by atoms with Crippen molar-refractivity contribution in [3.8, 4) is 0 Å². The van der Waals surface area contributed by atoms with Crippen molar-refractivity contribution in [1.82, 2.24) is 4.98 Å². The molecule has 1 aromatic rings. The van der Waals surface area contributed by atoms with E-state index in [1.165, 1.54) is 6.20 Å². The lowest BCUT2D eigenvalue weighted by molar-refractivity contribution is -0.0000112. The van der Waals surface area contributed by atoms with Crippen LogP contribution in [0.25, 0.3) is 0 Å². The first-order chi connectivity index (χ1) is 6.09. The number of primary amides is 1. The Morgan fingerprint density at radius 3 is 2.29 bits per heavy atom.